The zero-order chi connectivity index (χ0) is 53.6. The van der Waals surface area contributed by atoms with Crippen LogP contribution in [0.2, 0.25) is 0 Å². The molecule has 0 atom stereocenters. The highest BCUT2D eigenvalue weighted by atomic mass is 32.2. The maximum atomic E-state index is 15.6. The molecule has 2 fully saturated rings. The molecule has 3 aromatic heterocycles. The first-order chi connectivity index (χ1) is 35.4. The Bertz CT molecular complexity index is 3310. The number of aliphatic hydroxyl groups is 1. The van der Waals surface area contributed by atoms with Crippen LogP contribution in [0, 0.1) is 33.1 Å². The van der Waals surface area contributed by atoms with E-state index >= 15 is 8.78 Å². The Morgan fingerprint density at radius 1 is 0.987 bits per heavy atom. The molecule has 9 rings (SSSR count). The number of hydrogen-bond donors (Lipinski definition) is 5. The standard InChI is InChI=1S/C55H61F2N7O9S2/c1-53(2)14-12-35(42(28-53)48-23-36(32-74-48)49-43(56)24-37(25-44(49)57)54(3,4)52(66)67)31-62-18-20-63(21-19-62)38-6-8-41(47(26-38)73-39-22-34-13-17-58-50(34)60-30-39)51(65)61-75(71,72)40-7-9-45(46(27-40)64(69)70)59-29-33-10-15-55(5,68)16-11-33/h6-9,13,17,22-27,30,32-33,59,68H,10-12,14-16,18-21,28-29,31H2,1-5H3,(H,58,60)(H,61,65)(H,66,67). The number of carbonyl (C=O) groups excluding carboxylic acids is 1. The van der Waals surface area contributed by atoms with Gasteiger partial charge in [0.25, 0.3) is 21.6 Å². The number of aromatic amines is 1. The molecule has 1 saturated heterocycles. The Kier molecular flexibility index (Phi) is 14.7. The minimum Gasteiger partial charge on any atom is -0.481 e. The van der Waals surface area contributed by atoms with Gasteiger partial charge in [-0.05, 0) is 154 Å². The van der Waals surface area contributed by atoms with Gasteiger partial charge in [0.1, 0.15) is 34.5 Å². The molecule has 16 nitrogen and oxygen atoms in total. The van der Waals surface area contributed by atoms with Crippen LogP contribution in [0.4, 0.5) is 25.8 Å². The van der Waals surface area contributed by atoms with Crippen LogP contribution in [0.5, 0.6) is 11.5 Å². The second-order valence-electron chi connectivity index (χ2n) is 21.7. The summed E-state index contributed by atoms with van der Waals surface area (Å²) in [6.07, 6.45) is 8.52. The van der Waals surface area contributed by atoms with Crippen LogP contribution in [0.1, 0.15) is 100 Å². The van der Waals surface area contributed by atoms with Gasteiger partial charge in [-0.2, -0.15) is 0 Å². The molecule has 1 amide bonds. The molecule has 4 heterocycles. The molecule has 0 bridgehead atoms. The third kappa shape index (κ3) is 11.7. The Hall–Kier alpha value is -6.74. The highest BCUT2D eigenvalue weighted by Gasteiger charge is 2.34. The number of amides is 1. The van der Waals surface area contributed by atoms with Crippen molar-refractivity contribution >= 4 is 66.9 Å². The number of hydrogen-bond acceptors (Lipinski definition) is 13. The number of nitro groups is 1. The number of nitrogens with zero attached hydrogens (tertiary/aromatic N) is 4. The van der Waals surface area contributed by atoms with Crippen LogP contribution < -0.4 is 19.7 Å². The summed E-state index contributed by atoms with van der Waals surface area (Å²) < 4.78 is 67.3. The van der Waals surface area contributed by atoms with Gasteiger partial charge < -0.3 is 30.2 Å². The lowest BCUT2D eigenvalue weighted by Gasteiger charge is -2.39. The summed E-state index contributed by atoms with van der Waals surface area (Å²) >= 11 is 1.44. The van der Waals surface area contributed by atoms with E-state index in [-0.39, 0.29) is 39.5 Å². The Balaban J connectivity index is 0.917. The maximum Gasteiger partial charge on any atom is 0.313 e. The second kappa shape index (κ2) is 20.8. The SMILES string of the molecule is CC1(C)CCC(CN2CCN(c3ccc(C(=O)NS(=O)(=O)c4ccc(NCC5CCC(C)(O)CC5)c([N+](=O)[O-])c4)c(Oc4cnc5[nH]ccc5c4)c3)CC2)=C(c2cc(-c3c(F)cc(C(C)(C)C(=O)O)cc3F)cs2)C1. The van der Waals surface area contributed by atoms with Gasteiger partial charge in [0.2, 0.25) is 0 Å². The van der Waals surface area contributed by atoms with E-state index in [9.17, 15) is 38.3 Å². The summed E-state index contributed by atoms with van der Waals surface area (Å²) in [6, 6.07) is 15.9. The number of halogens is 2. The number of carboxylic acids is 1. The third-order valence-corrected chi connectivity index (χ3v) is 17.4. The van der Waals surface area contributed by atoms with Crippen molar-refractivity contribution < 1.29 is 46.7 Å². The summed E-state index contributed by atoms with van der Waals surface area (Å²) in [4.78, 5) is 49.9. The molecule has 1 saturated carbocycles. The summed E-state index contributed by atoms with van der Waals surface area (Å²) in [7, 11) is -4.64. The molecule has 3 aromatic carbocycles. The van der Waals surface area contributed by atoms with E-state index in [0.717, 1.165) is 71.8 Å². The summed E-state index contributed by atoms with van der Waals surface area (Å²) in [5, 5.41) is 37.8. The fourth-order valence-electron chi connectivity index (χ4n) is 10.2. The molecular weight excluding hydrogens is 1000 g/mol. The lowest BCUT2D eigenvalue weighted by atomic mass is 9.73. The van der Waals surface area contributed by atoms with Crippen molar-refractivity contribution in [3.05, 3.63) is 128 Å². The average Bonchev–Trinajstić information content (AvgIpc) is 4.04. The van der Waals surface area contributed by atoms with Crippen LogP contribution in [-0.2, 0) is 20.2 Å². The fraction of sp³-hybridized carbons (Fsp3) is 0.400. The van der Waals surface area contributed by atoms with Crippen molar-refractivity contribution in [1.82, 2.24) is 19.6 Å². The first-order valence-corrected chi connectivity index (χ1v) is 27.4. The smallest absolute Gasteiger partial charge is 0.313 e. The largest absolute Gasteiger partial charge is 0.481 e. The molecule has 396 valence electrons. The number of aromatic nitrogens is 2. The van der Waals surface area contributed by atoms with Gasteiger partial charge in [-0.1, -0.05) is 19.4 Å². The predicted octanol–water partition coefficient (Wildman–Crippen LogP) is 10.9. The number of ether oxygens (including phenoxy) is 1. The molecule has 3 aliphatic rings. The number of aliphatic carboxylic acids is 1. The molecule has 5 N–H and O–H groups in total. The summed E-state index contributed by atoms with van der Waals surface area (Å²) in [6.45, 7) is 12.7. The number of nitrogens with one attached hydrogen (secondary N) is 3. The number of carboxylic acid groups (broad SMARTS) is 1. The molecule has 2 aliphatic carbocycles. The zero-order valence-electron chi connectivity index (χ0n) is 42.5. The maximum absolute atomic E-state index is 15.6. The van der Waals surface area contributed by atoms with Crippen molar-refractivity contribution in [2.24, 2.45) is 11.3 Å². The zero-order valence-corrected chi connectivity index (χ0v) is 44.1. The Morgan fingerprint density at radius 3 is 2.40 bits per heavy atom. The molecule has 75 heavy (non-hydrogen) atoms. The van der Waals surface area contributed by atoms with Crippen LogP contribution in [0.3, 0.4) is 0 Å². The summed E-state index contributed by atoms with van der Waals surface area (Å²) in [5.41, 5.74) is 1.38. The molecule has 0 spiro atoms. The van der Waals surface area contributed by atoms with Crippen molar-refractivity contribution in [2.75, 3.05) is 49.5 Å². The van der Waals surface area contributed by atoms with Crippen molar-refractivity contribution in [1.29, 1.82) is 0 Å². The molecule has 6 aromatic rings. The van der Waals surface area contributed by atoms with Gasteiger partial charge in [0.05, 0.1) is 38.2 Å². The van der Waals surface area contributed by atoms with E-state index in [0.29, 0.717) is 69.1 Å². The van der Waals surface area contributed by atoms with Crippen LogP contribution >= 0.6 is 11.3 Å². The van der Waals surface area contributed by atoms with E-state index in [1.54, 1.807) is 36.7 Å². The third-order valence-electron chi connectivity index (χ3n) is 15.1. The number of sulfonamides is 1. The number of fused-ring (bicyclic) bond motifs is 1. The molecule has 20 heteroatoms. The summed E-state index contributed by atoms with van der Waals surface area (Å²) in [5.74, 6) is -3.30. The number of carbonyl (C=O) groups is 2. The lowest BCUT2D eigenvalue weighted by Crippen LogP contribution is -2.47. The predicted molar refractivity (Wildman–Crippen MR) is 285 cm³/mol. The number of thiophene rings is 1. The Morgan fingerprint density at radius 2 is 1.71 bits per heavy atom. The number of anilines is 2. The van der Waals surface area contributed by atoms with E-state index in [2.05, 4.69) is 43.7 Å². The first kappa shape index (κ1) is 53.1. The molecular formula is C55H61F2N7O9S2. The van der Waals surface area contributed by atoms with E-state index in [4.69, 9.17) is 4.74 Å². The number of nitro benzene ring substituents is 1. The minimum absolute atomic E-state index is 0.00302. The normalized spacial score (nSPS) is 19.5. The van der Waals surface area contributed by atoms with Crippen molar-refractivity contribution in [2.45, 2.75) is 95.5 Å². The highest BCUT2D eigenvalue weighted by Crippen LogP contribution is 2.46. The van der Waals surface area contributed by atoms with Crippen LogP contribution in [-0.4, -0.2) is 95.2 Å². The fourth-order valence-corrected chi connectivity index (χ4v) is 12.2. The average molecular weight is 1070 g/mol. The van der Waals surface area contributed by atoms with Gasteiger partial charge in [-0.3, -0.25) is 24.6 Å². The minimum atomic E-state index is -4.64. The monoisotopic (exact) mass is 1070 g/mol. The van der Waals surface area contributed by atoms with Gasteiger partial charge in [-0.15, -0.1) is 11.3 Å². The van der Waals surface area contributed by atoms with E-state index in [1.807, 2.05) is 12.1 Å². The van der Waals surface area contributed by atoms with Gasteiger partial charge in [0, 0.05) is 73.5 Å². The quantitative estimate of drug-likeness (QED) is 0.0450. The Labute approximate surface area is 438 Å². The van der Waals surface area contributed by atoms with Gasteiger partial charge in [0.15, 0.2) is 0 Å². The number of piperazine rings is 1. The van der Waals surface area contributed by atoms with Crippen LogP contribution in [0.15, 0.2) is 95.0 Å². The number of H-pyrrole nitrogens is 1. The van der Waals surface area contributed by atoms with Crippen LogP contribution in [0.25, 0.3) is 27.7 Å². The number of rotatable bonds is 16. The first-order valence-electron chi connectivity index (χ1n) is 25.0. The van der Waals surface area contributed by atoms with Crippen molar-refractivity contribution in [3.63, 3.8) is 0 Å². The molecule has 0 radical (unpaired) electrons. The topological polar surface area (TPSA) is 220 Å². The van der Waals surface area contributed by atoms with Gasteiger partial charge in [-0.25, -0.2) is 26.9 Å². The van der Waals surface area contributed by atoms with E-state index < -0.39 is 60.1 Å². The van der Waals surface area contributed by atoms with Crippen molar-refractivity contribution in [3.8, 4) is 22.6 Å². The van der Waals surface area contributed by atoms with E-state index in [1.165, 1.54) is 55.2 Å². The molecule has 0 unspecified atom stereocenters. The second-order valence-corrected chi connectivity index (χ2v) is 24.3. The number of pyridine rings is 1. The lowest BCUT2D eigenvalue weighted by molar-refractivity contribution is -0.384. The van der Waals surface area contributed by atoms with Gasteiger partial charge >= 0.3 is 5.97 Å². The number of allylic oxidation sites excluding steroid dienone is 1. The molecule has 1 aliphatic heterocycles. The number of benzene rings is 3. The highest BCUT2D eigenvalue weighted by molar-refractivity contribution is 7.90.